The number of hydrazone groups is 1. The number of rotatable bonds is 8. The standard InChI is InChI=1S/C26H17Cl3F3N3O4S/c27-17-7-9-20(22(29)13-17)24-11-8-18(39-24)14-33-34-25(36)15-35(40(37,38)19-4-2-1-3-5-19)23-12-16(26(30,31)32)6-10-21(23)28/h1-14H,15H2,(H,34,36)/b33-14-. The van der Waals surface area contributed by atoms with E-state index in [0.717, 1.165) is 12.3 Å². The Kier molecular flexibility index (Phi) is 8.79. The number of carbonyl (C=O) groups is 1. The molecule has 1 amide bonds. The van der Waals surface area contributed by atoms with Crippen LogP contribution >= 0.6 is 34.8 Å². The molecule has 0 spiro atoms. The van der Waals surface area contributed by atoms with Gasteiger partial charge in [0.1, 0.15) is 18.1 Å². The van der Waals surface area contributed by atoms with Gasteiger partial charge in [-0.3, -0.25) is 9.10 Å². The molecule has 3 aromatic carbocycles. The second kappa shape index (κ2) is 11.9. The lowest BCUT2D eigenvalue weighted by atomic mass is 10.2. The van der Waals surface area contributed by atoms with Gasteiger partial charge in [-0.2, -0.15) is 18.3 Å². The summed E-state index contributed by atoms with van der Waals surface area (Å²) < 4.78 is 73.1. The van der Waals surface area contributed by atoms with Gasteiger partial charge >= 0.3 is 6.18 Å². The molecule has 0 aliphatic carbocycles. The Balaban J connectivity index is 1.58. The first-order valence-electron chi connectivity index (χ1n) is 11.2. The van der Waals surface area contributed by atoms with Gasteiger partial charge in [-0.1, -0.05) is 53.0 Å². The van der Waals surface area contributed by atoms with E-state index in [0.29, 0.717) is 37.8 Å². The van der Waals surface area contributed by atoms with E-state index in [4.69, 9.17) is 39.2 Å². The topological polar surface area (TPSA) is 92.0 Å². The number of alkyl halides is 3. The van der Waals surface area contributed by atoms with Crippen molar-refractivity contribution in [2.45, 2.75) is 11.1 Å². The van der Waals surface area contributed by atoms with Crippen molar-refractivity contribution in [2.24, 2.45) is 5.10 Å². The average Bonchev–Trinajstić information content (AvgIpc) is 3.36. The van der Waals surface area contributed by atoms with Crippen LogP contribution in [0.3, 0.4) is 0 Å². The van der Waals surface area contributed by atoms with E-state index < -0.39 is 39.9 Å². The lowest BCUT2D eigenvalue weighted by Crippen LogP contribution is -2.39. The van der Waals surface area contributed by atoms with E-state index in [1.807, 2.05) is 0 Å². The van der Waals surface area contributed by atoms with Crippen LogP contribution in [0.4, 0.5) is 18.9 Å². The highest BCUT2D eigenvalue weighted by Crippen LogP contribution is 2.37. The number of furan rings is 1. The fraction of sp³-hybridized carbons (Fsp3) is 0.0769. The SMILES string of the molecule is O=C(CN(c1cc(C(F)(F)F)ccc1Cl)S(=O)(=O)c1ccccc1)N/N=C\c1ccc(-c2ccc(Cl)cc2Cl)o1. The van der Waals surface area contributed by atoms with Crippen LogP contribution in [-0.2, 0) is 21.0 Å². The Bertz CT molecular complexity index is 1680. The zero-order valence-corrected chi connectivity index (χ0v) is 23.1. The fourth-order valence-corrected chi connectivity index (χ4v) is 5.71. The summed E-state index contributed by atoms with van der Waals surface area (Å²) in [5.41, 5.74) is 1.03. The Hall–Kier alpha value is -3.51. The van der Waals surface area contributed by atoms with Crippen LogP contribution in [0.5, 0.6) is 0 Å². The number of halogens is 6. The molecule has 0 unspecified atom stereocenters. The molecule has 208 valence electrons. The van der Waals surface area contributed by atoms with Crippen LogP contribution in [0, 0.1) is 0 Å². The lowest BCUT2D eigenvalue weighted by Gasteiger charge is -2.25. The van der Waals surface area contributed by atoms with Crippen molar-refractivity contribution in [2.75, 3.05) is 10.8 Å². The summed E-state index contributed by atoms with van der Waals surface area (Å²) in [6, 6.07) is 17.1. The molecule has 14 heteroatoms. The predicted molar refractivity (Wildman–Crippen MR) is 147 cm³/mol. The molecule has 1 N–H and O–H groups in total. The zero-order valence-electron chi connectivity index (χ0n) is 20.0. The molecular formula is C26H17Cl3F3N3O4S. The van der Waals surface area contributed by atoms with Crippen LogP contribution in [0.15, 0.2) is 93.3 Å². The first kappa shape index (κ1) is 29.5. The van der Waals surface area contributed by atoms with Gasteiger partial charge in [-0.25, -0.2) is 13.8 Å². The average molecular weight is 631 g/mol. The highest BCUT2D eigenvalue weighted by Gasteiger charge is 2.34. The number of nitrogens with zero attached hydrogens (tertiary/aromatic N) is 2. The van der Waals surface area contributed by atoms with Crippen molar-refractivity contribution in [3.05, 3.63) is 105 Å². The molecule has 0 saturated heterocycles. The minimum atomic E-state index is -4.79. The van der Waals surface area contributed by atoms with E-state index in [9.17, 15) is 26.4 Å². The van der Waals surface area contributed by atoms with E-state index in [2.05, 4.69) is 10.5 Å². The minimum Gasteiger partial charge on any atom is -0.455 e. The molecule has 7 nitrogen and oxygen atoms in total. The molecular weight excluding hydrogens is 614 g/mol. The minimum absolute atomic E-state index is 0.219. The molecule has 1 aromatic heterocycles. The van der Waals surface area contributed by atoms with Crippen LogP contribution in [0.1, 0.15) is 11.3 Å². The van der Waals surface area contributed by atoms with Gasteiger partial charge in [-0.05, 0) is 60.7 Å². The number of sulfonamides is 1. The van der Waals surface area contributed by atoms with Gasteiger partial charge in [0.2, 0.25) is 0 Å². The van der Waals surface area contributed by atoms with Crippen molar-refractivity contribution >= 4 is 62.6 Å². The van der Waals surface area contributed by atoms with Crippen molar-refractivity contribution in [1.29, 1.82) is 0 Å². The van der Waals surface area contributed by atoms with Gasteiger partial charge in [0.25, 0.3) is 15.9 Å². The molecule has 0 bridgehead atoms. The zero-order chi connectivity index (χ0) is 29.1. The van der Waals surface area contributed by atoms with E-state index in [1.54, 1.807) is 36.4 Å². The van der Waals surface area contributed by atoms with Gasteiger partial charge in [0, 0.05) is 10.6 Å². The highest BCUT2D eigenvalue weighted by atomic mass is 35.5. The first-order chi connectivity index (χ1) is 18.9. The highest BCUT2D eigenvalue weighted by molar-refractivity contribution is 7.92. The number of nitrogens with one attached hydrogen (secondary N) is 1. The molecule has 0 saturated carbocycles. The molecule has 0 radical (unpaired) electrons. The number of anilines is 1. The van der Waals surface area contributed by atoms with Crippen LogP contribution in [0.2, 0.25) is 15.1 Å². The van der Waals surface area contributed by atoms with Gasteiger partial charge in [0.15, 0.2) is 0 Å². The summed E-state index contributed by atoms with van der Waals surface area (Å²) in [6.07, 6.45) is -3.63. The largest absolute Gasteiger partial charge is 0.455 e. The van der Waals surface area contributed by atoms with Gasteiger partial charge in [0.05, 0.1) is 32.4 Å². The van der Waals surface area contributed by atoms with Gasteiger partial charge in [-0.15, -0.1) is 0 Å². The first-order valence-corrected chi connectivity index (χ1v) is 13.8. The lowest BCUT2D eigenvalue weighted by molar-refractivity contribution is -0.137. The summed E-state index contributed by atoms with van der Waals surface area (Å²) >= 11 is 18.2. The number of amides is 1. The summed E-state index contributed by atoms with van der Waals surface area (Å²) in [6.45, 7) is -0.931. The molecule has 0 aliphatic heterocycles. The monoisotopic (exact) mass is 629 g/mol. The molecule has 0 aliphatic rings. The second-order valence-corrected chi connectivity index (χ2v) is 11.2. The molecule has 4 rings (SSSR count). The van der Waals surface area contributed by atoms with Crippen molar-refractivity contribution < 1.29 is 30.8 Å². The molecule has 0 atom stereocenters. The molecule has 40 heavy (non-hydrogen) atoms. The smallest absolute Gasteiger partial charge is 0.416 e. The number of hydrogen-bond donors (Lipinski definition) is 1. The number of hydrogen-bond acceptors (Lipinski definition) is 5. The Morgan fingerprint density at radius 1 is 0.950 bits per heavy atom. The normalized spacial score (nSPS) is 12.1. The summed E-state index contributed by atoms with van der Waals surface area (Å²) in [5.74, 6) is -0.346. The maximum Gasteiger partial charge on any atom is 0.416 e. The van der Waals surface area contributed by atoms with E-state index >= 15 is 0 Å². The fourth-order valence-electron chi connectivity index (χ4n) is 3.49. The number of carbonyl (C=O) groups excluding carboxylic acids is 1. The van der Waals surface area contributed by atoms with Crippen molar-refractivity contribution in [3.8, 4) is 11.3 Å². The third kappa shape index (κ3) is 6.79. The Morgan fingerprint density at radius 2 is 1.68 bits per heavy atom. The third-order valence-electron chi connectivity index (χ3n) is 5.36. The van der Waals surface area contributed by atoms with Crippen molar-refractivity contribution in [1.82, 2.24) is 5.43 Å². The van der Waals surface area contributed by atoms with Gasteiger partial charge < -0.3 is 4.42 Å². The third-order valence-corrected chi connectivity index (χ3v) is 8.01. The van der Waals surface area contributed by atoms with Crippen LogP contribution in [-0.4, -0.2) is 27.1 Å². The predicted octanol–water partition coefficient (Wildman–Crippen LogP) is 7.27. The van der Waals surface area contributed by atoms with E-state index in [1.165, 1.54) is 24.3 Å². The Morgan fingerprint density at radius 3 is 2.35 bits per heavy atom. The summed E-state index contributed by atoms with van der Waals surface area (Å²) in [5, 5.41) is 4.24. The van der Waals surface area contributed by atoms with Crippen LogP contribution < -0.4 is 9.73 Å². The molecule has 4 aromatic rings. The maximum absolute atomic E-state index is 13.4. The van der Waals surface area contributed by atoms with E-state index in [-0.39, 0.29) is 15.7 Å². The molecule has 1 heterocycles. The summed E-state index contributed by atoms with van der Waals surface area (Å²) in [4.78, 5) is 12.5. The quantitative estimate of drug-likeness (QED) is 0.164. The maximum atomic E-state index is 13.4. The number of benzene rings is 3. The second-order valence-electron chi connectivity index (χ2n) is 8.11. The molecule has 0 fully saturated rings. The Labute approximate surface area is 241 Å². The summed E-state index contributed by atoms with van der Waals surface area (Å²) in [7, 11) is -4.52. The van der Waals surface area contributed by atoms with Crippen molar-refractivity contribution in [3.63, 3.8) is 0 Å². The van der Waals surface area contributed by atoms with Crippen LogP contribution in [0.25, 0.3) is 11.3 Å².